The first-order valence-electron chi connectivity index (χ1n) is 13.1. The van der Waals surface area contributed by atoms with Crippen LogP contribution < -0.4 is 10.1 Å². The number of hydrogen-bond donors (Lipinski definition) is 2. The Kier molecular flexibility index (Phi) is 6.47. The average Bonchev–Trinajstić information content (AvgIpc) is 3.56. The summed E-state index contributed by atoms with van der Waals surface area (Å²) in [5.41, 5.74) is 5.93. The van der Waals surface area contributed by atoms with Crippen LogP contribution in [0.4, 0.5) is 10.5 Å². The summed E-state index contributed by atoms with van der Waals surface area (Å²) in [6.07, 6.45) is 7.30. The first kappa shape index (κ1) is 26.2. The number of amides is 2. The lowest BCUT2D eigenvalue weighted by atomic mass is 9.99. The molecule has 2 amide bonds. The van der Waals surface area contributed by atoms with E-state index in [1.165, 1.54) is 32.4 Å². The van der Waals surface area contributed by atoms with Crippen molar-refractivity contribution in [3.05, 3.63) is 34.5 Å². The molecule has 1 unspecified atom stereocenters. The topological polar surface area (TPSA) is 110 Å². The van der Waals surface area contributed by atoms with Gasteiger partial charge in [0.2, 0.25) is 5.88 Å². The summed E-state index contributed by atoms with van der Waals surface area (Å²) in [6, 6.07) is 1.86. The minimum atomic E-state index is -3.78. The molecule has 2 aliphatic carbocycles. The molecule has 0 saturated heterocycles. The zero-order valence-corrected chi connectivity index (χ0v) is 24.6. The van der Waals surface area contributed by atoms with Crippen LogP contribution in [0.15, 0.2) is 17.2 Å². The molecule has 2 atom stereocenters. The van der Waals surface area contributed by atoms with Gasteiger partial charge in [-0.15, -0.1) is 0 Å². The van der Waals surface area contributed by atoms with Crippen LogP contribution >= 0.6 is 0 Å². The number of nitrogens with one attached hydrogen (secondary N) is 2. The highest BCUT2D eigenvalue weighted by Gasteiger charge is 2.50. The fourth-order valence-corrected chi connectivity index (χ4v) is 11.5. The number of benzene rings is 1. The second-order valence-corrected chi connectivity index (χ2v) is 19.2. The third-order valence-electron chi connectivity index (χ3n) is 8.66. The molecule has 2 aromatic rings. The minimum Gasteiger partial charge on any atom is -0.474 e. The van der Waals surface area contributed by atoms with Crippen molar-refractivity contribution < 1.29 is 18.5 Å². The number of ether oxygens (including phenoxy) is 2. The summed E-state index contributed by atoms with van der Waals surface area (Å²) in [4.78, 5) is 14.4. The number of aryl methyl sites for hydroxylation is 2. The lowest BCUT2D eigenvalue weighted by Crippen LogP contribution is -2.60. The summed E-state index contributed by atoms with van der Waals surface area (Å²) in [6.45, 7) is 10.9. The monoisotopic (exact) mass is 545 g/mol. The number of hydrogen-bond acceptors (Lipinski definition) is 6. The number of carbonyl (C=O) groups is 1. The number of aromatic nitrogens is 2. The van der Waals surface area contributed by atoms with Crippen molar-refractivity contribution in [2.75, 3.05) is 19.0 Å². The molecule has 0 fully saturated rings. The number of nitrogens with zero attached hydrogens (tertiary/aromatic N) is 3. The molecular weight excluding hydrogens is 506 g/mol. The predicted octanol–water partition coefficient (Wildman–Crippen LogP) is 5.13. The summed E-state index contributed by atoms with van der Waals surface area (Å²) >= 11 is 0. The van der Waals surface area contributed by atoms with Gasteiger partial charge in [0.25, 0.3) is 0 Å². The summed E-state index contributed by atoms with van der Waals surface area (Å²) in [5, 5.41) is 7.23. The number of methoxy groups -OCH3 is 1. The normalized spacial score (nSPS) is 20.4. The zero-order chi connectivity index (χ0) is 26.8. The second kappa shape index (κ2) is 9.13. The van der Waals surface area contributed by atoms with Crippen LogP contribution in [0.5, 0.6) is 5.88 Å². The van der Waals surface area contributed by atoms with Crippen LogP contribution in [0.25, 0.3) is 0 Å². The standard InChI is InChI=1S/C26H39N5O4SSi/c1-26(2,3)37(5,6)31(36(27,33)22-14-28-30-15-19(34-4)16-35-24(22)30)25(32)29-23-20-11-7-9-17(20)13-18-10-8-12-21(18)23/h13-14,19,27H,7-12,15-16H2,1-6H3,(H,29,32)/t19-,36?/m0/s1. The Morgan fingerprint density at radius 1 is 1.22 bits per heavy atom. The molecule has 3 aliphatic rings. The third kappa shape index (κ3) is 4.28. The van der Waals surface area contributed by atoms with Gasteiger partial charge in [-0.25, -0.2) is 18.5 Å². The van der Waals surface area contributed by atoms with E-state index in [1.807, 2.05) is 13.1 Å². The van der Waals surface area contributed by atoms with Crippen LogP contribution in [0.3, 0.4) is 0 Å². The van der Waals surface area contributed by atoms with E-state index in [4.69, 9.17) is 9.47 Å². The van der Waals surface area contributed by atoms with Crippen molar-refractivity contribution in [1.29, 1.82) is 4.78 Å². The summed E-state index contributed by atoms with van der Waals surface area (Å²) in [5.74, 6) is 0.284. The maximum atomic E-state index is 14.6. The Balaban J connectivity index is 1.59. The molecule has 2 heterocycles. The Morgan fingerprint density at radius 3 is 2.41 bits per heavy atom. The number of urea groups is 1. The van der Waals surface area contributed by atoms with Gasteiger partial charge in [0.1, 0.15) is 17.6 Å². The van der Waals surface area contributed by atoms with Crippen LogP contribution in [-0.2, 0) is 46.9 Å². The van der Waals surface area contributed by atoms with E-state index in [1.54, 1.807) is 11.8 Å². The van der Waals surface area contributed by atoms with E-state index in [-0.39, 0.29) is 28.5 Å². The SMILES string of the molecule is CO[C@@H]1COc2c(S(=N)(=O)N(C(=O)Nc3c4c(cc5c3CCC5)CCC4)[Si](C)(C)C(C)(C)C)cnn2C1. The number of rotatable bonds is 5. The van der Waals surface area contributed by atoms with Crippen LogP contribution in [0.2, 0.25) is 18.1 Å². The van der Waals surface area contributed by atoms with E-state index in [0.717, 1.165) is 44.2 Å². The predicted molar refractivity (Wildman–Crippen MR) is 146 cm³/mol. The Morgan fingerprint density at radius 2 is 1.84 bits per heavy atom. The molecule has 1 aliphatic heterocycles. The smallest absolute Gasteiger partial charge is 0.326 e. The fourth-order valence-electron chi connectivity index (χ4n) is 5.60. The second-order valence-electron chi connectivity index (χ2n) is 12.0. The van der Waals surface area contributed by atoms with Gasteiger partial charge in [0.15, 0.2) is 18.2 Å². The zero-order valence-electron chi connectivity index (χ0n) is 22.8. The van der Waals surface area contributed by atoms with Crippen LogP contribution in [0, 0.1) is 4.78 Å². The van der Waals surface area contributed by atoms with E-state index >= 15 is 0 Å². The molecule has 5 rings (SSSR count). The molecule has 202 valence electrons. The van der Waals surface area contributed by atoms with E-state index in [0.29, 0.717) is 6.54 Å². The Labute approximate surface area is 221 Å². The van der Waals surface area contributed by atoms with Crippen molar-refractivity contribution in [2.45, 2.75) is 95.0 Å². The van der Waals surface area contributed by atoms with Gasteiger partial charge < -0.3 is 14.8 Å². The van der Waals surface area contributed by atoms with Crippen molar-refractivity contribution in [2.24, 2.45) is 0 Å². The molecule has 0 bridgehead atoms. The number of carbonyl (C=O) groups excluding carboxylic acids is 1. The molecule has 0 radical (unpaired) electrons. The van der Waals surface area contributed by atoms with Gasteiger partial charge in [-0.1, -0.05) is 26.8 Å². The van der Waals surface area contributed by atoms with Gasteiger partial charge in [-0.2, -0.15) is 5.10 Å². The van der Waals surface area contributed by atoms with Gasteiger partial charge in [0, 0.05) is 12.8 Å². The maximum absolute atomic E-state index is 14.6. The average molecular weight is 546 g/mol. The third-order valence-corrected chi connectivity index (χ3v) is 17.2. The summed E-state index contributed by atoms with van der Waals surface area (Å²) in [7, 11) is -4.99. The largest absolute Gasteiger partial charge is 0.474 e. The molecule has 2 N–H and O–H groups in total. The molecule has 1 aromatic carbocycles. The van der Waals surface area contributed by atoms with Crippen molar-refractivity contribution >= 4 is 29.9 Å². The first-order chi connectivity index (χ1) is 17.4. The van der Waals surface area contributed by atoms with Crippen molar-refractivity contribution in [3.8, 4) is 5.88 Å². The Hall–Kier alpha value is -2.37. The molecule has 0 spiro atoms. The molecule has 1 aromatic heterocycles. The number of fused-ring (bicyclic) bond motifs is 3. The first-order valence-corrected chi connectivity index (χ1v) is 17.6. The van der Waals surface area contributed by atoms with Gasteiger partial charge in [-0.05, 0) is 78.9 Å². The van der Waals surface area contributed by atoms with Crippen LogP contribution in [-0.4, -0.2) is 52.0 Å². The van der Waals surface area contributed by atoms with Crippen molar-refractivity contribution in [3.63, 3.8) is 0 Å². The van der Waals surface area contributed by atoms with Gasteiger partial charge in [-0.3, -0.25) is 3.97 Å². The lowest BCUT2D eigenvalue weighted by molar-refractivity contribution is 0.0165. The quantitative estimate of drug-likeness (QED) is 0.507. The van der Waals surface area contributed by atoms with E-state index < -0.39 is 24.2 Å². The van der Waals surface area contributed by atoms with E-state index in [9.17, 15) is 13.8 Å². The highest BCUT2D eigenvalue weighted by molar-refractivity contribution is 7.92. The van der Waals surface area contributed by atoms with Crippen molar-refractivity contribution in [1.82, 2.24) is 13.8 Å². The highest BCUT2D eigenvalue weighted by Crippen LogP contribution is 2.44. The van der Waals surface area contributed by atoms with Gasteiger partial charge >= 0.3 is 6.03 Å². The molecule has 37 heavy (non-hydrogen) atoms. The lowest BCUT2D eigenvalue weighted by Gasteiger charge is -2.45. The summed E-state index contributed by atoms with van der Waals surface area (Å²) < 4.78 is 38.1. The van der Waals surface area contributed by atoms with E-state index in [2.05, 4.69) is 37.3 Å². The fraction of sp³-hybridized carbons (Fsp3) is 0.615. The highest BCUT2D eigenvalue weighted by atomic mass is 32.2. The molecule has 9 nitrogen and oxygen atoms in total. The maximum Gasteiger partial charge on any atom is 0.326 e. The van der Waals surface area contributed by atoms with Crippen LogP contribution in [0.1, 0.15) is 55.9 Å². The molecule has 0 saturated carbocycles. The molecular formula is C26H39N5O4SSi. The Bertz CT molecular complexity index is 1310. The number of anilines is 1. The molecule has 11 heteroatoms. The minimum absolute atomic E-state index is 0.144. The van der Waals surface area contributed by atoms with Gasteiger partial charge in [0.05, 0.1) is 12.7 Å².